The number of H-pyrrole nitrogens is 1. The van der Waals surface area contributed by atoms with Crippen LogP contribution in [0.3, 0.4) is 0 Å². The van der Waals surface area contributed by atoms with Gasteiger partial charge in [-0.1, -0.05) is 72.8 Å². The number of nitrogens with one attached hydrogen (secondary N) is 1. The number of carbonyl (C=O) groups excluding carboxylic acids is 2. The van der Waals surface area contributed by atoms with Gasteiger partial charge in [0.15, 0.2) is 0 Å². The first-order valence-corrected chi connectivity index (χ1v) is 14.3. The SMILES string of the molecule is O=C(OC1=CC(=O)N2[C@H](c3ccc(-c4cc(F)cc(F)c4)cc3)c3[nH]c4ccccc4c3C[C@@H]12)c1ccc2ccccc2c1. The van der Waals surface area contributed by atoms with Gasteiger partial charge in [0.2, 0.25) is 0 Å². The summed E-state index contributed by atoms with van der Waals surface area (Å²) in [4.78, 5) is 32.3. The van der Waals surface area contributed by atoms with E-state index >= 15 is 0 Å². The molecule has 2 atom stereocenters. The molecule has 5 aromatic carbocycles. The molecule has 0 fully saturated rings. The summed E-state index contributed by atoms with van der Waals surface area (Å²) in [6, 6.07) is 30.9. The summed E-state index contributed by atoms with van der Waals surface area (Å²) >= 11 is 0. The largest absolute Gasteiger partial charge is 0.425 e. The van der Waals surface area contributed by atoms with E-state index in [0.29, 0.717) is 28.9 Å². The van der Waals surface area contributed by atoms with Crippen LogP contribution in [0.4, 0.5) is 8.78 Å². The van der Waals surface area contributed by atoms with Crippen molar-refractivity contribution in [2.75, 3.05) is 0 Å². The van der Waals surface area contributed by atoms with E-state index in [1.165, 1.54) is 18.2 Å². The molecule has 2 aliphatic rings. The van der Waals surface area contributed by atoms with Crippen LogP contribution >= 0.6 is 0 Å². The van der Waals surface area contributed by atoms with E-state index in [1.807, 2.05) is 66.7 Å². The summed E-state index contributed by atoms with van der Waals surface area (Å²) in [5.41, 5.74) is 5.16. The average Bonchev–Trinajstić information content (AvgIpc) is 3.56. The van der Waals surface area contributed by atoms with Crippen LogP contribution in [-0.4, -0.2) is 27.8 Å². The van der Waals surface area contributed by atoms with Crippen molar-refractivity contribution in [2.45, 2.75) is 18.5 Å². The minimum atomic E-state index is -0.651. The second kappa shape index (κ2) is 10.0. The van der Waals surface area contributed by atoms with Gasteiger partial charge in [-0.05, 0) is 63.4 Å². The van der Waals surface area contributed by atoms with Crippen LogP contribution in [0.5, 0.6) is 0 Å². The molecule has 1 N–H and O–H groups in total. The van der Waals surface area contributed by atoms with Crippen molar-refractivity contribution in [3.05, 3.63) is 155 Å². The zero-order valence-electron chi connectivity index (χ0n) is 23.3. The molecule has 0 unspecified atom stereocenters. The molecule has 0 saturated carbocycles. The molecule has 44 heavy (non-hydrogen) atoms. The van der Waals surface area contributed by atoms with Crippen LogP contribution in [0.2, 0.25) is 0 Å². The first-order valence-electron chi connectivity index (χ1n) is 14.3. The van der Waals surface area contributed by atoms with Crippen LogP contribution in [0.25, 0.3) is 32.8 Å². The normalized spacial score (nSPS) is 17.5. The van der Waals surface area contributed by atoms with E-state index < -0.39 is 29.7 Å². The fourth-order valence-electron chi connectivity index (χ4n) is 6.58. The van der Waals surface area contributed by atoms with Crippen molar-refractivity contribution >= 4 is 33.6 Å². The Hall–Kier alpha value is -5.56. The Morgan fingerprint density at radius 1 is 0.795 bits per heavy atom. The summed E-state index contributed by atoms with van der Waals surface area (Å²) in [6.07, 6.45) is 1.88. The first kappa shape index (κ1) is 26.1. The van der Waals surface area contributed by atoms with E-state index in [4.69, 9.17) is 4.74 Å². The highest BCUT2D eigenvalue weighted by Crippen LogP contribution is 2.45. The second-order valence-corrected chi connectivity index (χ2v) is 11.2. The van der Waals surface area contributed by atoms with Gasteiger partial charge in [0.25, 0.3) is 5.91 Å². The summed E-state index contributed by atoms with van der Waals surface area (Å²) in [6.45, 7) is 0. The lowest BCUT2D eigenvalue weighted by Crippen LogP contribution is -2.44. The van der Waals surface area contributed by atoms with Gasteiger partial charge < -0.3 is 14.6 Å². The number of nitrogens with zero attached hydrogens (tertiary/aromatic N) is 1. The van der Waals surface area contributed by atoms with Crippen LogP contribution in [0, 0.1) is 11.6 Å². The molecule has 0 saturated heterocycles. The highest BCUT2D eigenvalue weighted by Gasteiger charge is 2.46. The predicted octanol–water partition coefficient (Wildman–Crippen LogP) is 7.86. The molecule has 2 aliphatic heterocycles. The van der Waals surface area contributed by atoms with E-state index in [1.54, 1.807) is 29.2 Å². The number of rotatable bonds is 4. The van der Waals surface area contributed by atoms with Gasteiger partial charge in [0.05, 0.1) is 17.6 Å². The van der Waals surface area contributed by atoms with Crippen molar-refractivity contribution in [3.63, 3.8) is 0 Å². The standard InChI is InChI=1S/C37H24F2N2O3/c38-27-16-26(17-28(39)18-27)22-9-12-23(13-10-22)36-35-30(29-7-3-4-8-31(29)40-35)19-32-33(20-34(42)41(32)36)44-37(43)25-14-11-21-5-1-2-6-24(21)15-25/h1-18,20,32,36,40H,19H2/t32-,36+/m0/s1. The molecule has 214 valence electrons. The Balaban J connectivity index is 1.17. The lowest BCUT2D eigenvalue weighted by molar-refractivity contribution is -0.128. The number of esters is 1. The molecule has 0 spiro atoms. The third kappa shape index (κ3) is 4.28. The second-order valence-electron chi connectivity index (χ2n) is 11.2. The number of aromatic amines is 1. The molecule has 0 radical (unpaired) electrons. The van der Waals surface area contributed by atoms with Gasteiger partial charge in [-0.15, -0.1) is 0 Å². The molecule has 5 nitrogen and oxygen atoms in total. The molecule has 3 heterocycles. The van der Waals surface area contributed by atoms with Crippen molar-refractivity contribution in [2.24, 2.45) is 0 Å². The number of para-hydroxylation sites is 1. The molecule has 7 heteroatoms. The van der Waals surface area contributed by atoms with Gasteiger partial charge in [0, 0.05) is 35.2 Å². The molecule has 1 aromatic heterocycles. The maximum Gasteiger partial charge on any atom is 0.343 e. The molecule has 6 aromatic rings. The number of hydrogen-bond acceptors (Lipinski definition) is 3. The number of amides is 1. The minimum absolute atomic E-state index is 0.262. The topological polar surface area (TPSA) is 62.4 Å². The molecule has 0 bridgehead atoms. The summed E-state index contributed by atoms with van der Waals surface area (Å²) in [5.74, 6) is -1.78. The van der Waals surface area contributed by atoms with E-state index in [9.17, 15) is 18.4 Å². The summed E-state index contributed by atoms with van der Waals surface area (Å²) in [5, 5.41) is 2.98. The van der Waals surface area contributed by atoms with Crippen LogP contribution < -0.4 is 0 Å². The van der Waals surface area contributed by atoms with Crippen molar-refractivity contribution in [3.8, 4) is 11.1 Å². The molecule has 0 aliphatic carbocycles. The number of fused-ring (bicyclic) bond motifs is 5. The predicted molar refractivity (Wildman–Crippen MR) is 164 cm³/mol. The highest BCUT2D eigenvalue weighted by atomic mass is 19.1. The molecule has 8 rings (SSSR count). The monoisotopic (exact) mass is 582 g/mol. The van der Waals surface area contributed by atoms with Gasteiger partial charge in [-0.25, -0.2) is 13.6 Å². The van der Waals surface area contributed by atoms with Gasteiger partial charge in [-0.3, -0.25) is 4.79 Å². The van der Waals surface area contributed by atoms with Crippen molar-refractivity contribution in [1.29, 1.82) is 0 Å². The molecular weight excluding hydrogens is 558 g/mol. The number of aromatic nitrogens is 1. The number of hydrogen-bond donors (Lipinski definition) is 1. The Morgan fingerprint density at radius 3 is 2.32 bits per heavy atom. The third-order valence-corrected chi connectivity index (χ3v) is 8.60. The maximum absolute atomic E-state index is 13.9. The highest BCUT2D eigenvalue weighted by molar-refractivity contribution is 5.98. The zero-order valence-corrected chi connectivity index (χ0v) is 23.3. The minimum Gasteiger partial charge on any atom is -0.425 e. The summed E-state index contributed by atoms with van der Waals surface area (Å²) < 4.78 is 33.8. The number of carbonyl (C=O) groups is 2. The van der Waals surface area contributed by atoms with Crippen LogP contribution in [-0.2, 0) is 16.0 Å². The lowest BCUT2D eigenvalue weighted by Gasteiger charge is -2.39. The van der Waals surface area contributed by atoms with Crippen LogP contribution in [0.1, 0.15) is 33.2 Å². The summed E-state index contributed by atoms with van der Waals surface area (Å²) in [7, 11) is 0. The third-order valence-electron chi connectivity index (χ3n) is 8.60. The fraction of sp³-hybridized carbons (Fsp3) is 0.0811. The number of ether oxygens (including phenoxy) is 1. The van der Waals surface area contributed by atoms with Gasteiger partial charge >= 0.3 is 5.97 Å². The fourth-order valence-corrected chi connectivity index (χ4v) is 6.58. The van der Waals surface area contributed by atoms with E-state index in [-0.39, 0.29) is 5.91 Å². The van der Waals surface area contributed by atoms with Gasteiger partial charge in [0.1, 0.15) is 17.4 Å². The van der Waals surface area contributed by atoms with Crippen LogP contribution in [0.15, 0.2) is 121 Å². The quantitative estimate of drug-likeness (QED) is 0.215. The average molecular weight is 583 g/mol. The Bertz CT molecular complexity index is 2150. The lowest BCUT2D eigenvalue weighted by atomic mass is 9.88. The van der Waals surface area contributed by atoms with Gasteiger partial charge in [-0.2, -0.15) is 0 Å². The number of halogens is 2. The smallest absolute Gasteiger partial charge is 0.343 e. The Morgan fingerprint density at radius 2 is 1.52 bits per heavy atom. The van der Waals surface area contributed by atoms with Crippen molar-refractivity contribution in [1.82, 2.24) is 9.88 Å². The molecular formula is C37H24F2N2O3. The Labute approximate surface area is 251 Å². The number of benzene rings is 5. The molecule has 1 amide bonds. The zero-order chi connectivity index (χ0) is 29.9. The van der Waals surface area contributed by atoms with Crippen molar-refractivity contribution < 1.29 is 23.1 Å². The Kier molecular flexibility index (Phi) is 5.94. The first-order chi connectivity index (χ1) is 21.4. The van der Waals surface area contributed by atoms with E-state index in [0.717, 1.165) is 44.6 Å². The maximum atomic E-state index is 13.9. The van der Waals surface area contributed by atoms with E-state index in [2.05, 4.69) is 4.98 Å².